The van der Waals surface area contributed by atoms with Gasteiger partial charge in [-0.2, -0.15) is 0 Å². The maximum absolute atomic E-state index is 12.1. The molecule has 5 heteroatoms. The van der Waals surface area contributed by atoms with Gasteiger partial charge in [-0.05, 0) is 19.3 Å². The van der Waals surface area contributed by atoms with Crippen molar-refractivity contribution in [2.24, 2.45) is 11.1 Å². The lowest BCUT2D eigenvalue weighted by Gasteiger charge is -2.27. The summed E-state index contributed by atoms with van der Waals surface area (Å²) in [6.45, 7) is 3.55. The second-order valence-electron chi connectivity index (χ2n) is 5.18. The van der Waals surface area contributed by atoms with Crippen molar-refractivity contribution in [3.05, 3.63) is 0 Å². The Morgan fingerprint density at radius 1 is 1.47 bits per heavy atom. The zero-order chi connectivity index (χ0) is 13.1. The monoisotopic (exact) mass is 261 g/mol. The molecule has 4 nitrogen and oxygen atoms in total. The van der Waals surface area contributed by atoms with Crippen molar-refractivity contribution < 1.29 is 13.2 Å². The molecule has 0 radical (unpaired) electrons. The number of ketones is 1. The Balaban J connectivity index is 2.45. The number of carbonyl (C=O) groups is 1. The van der Waals surface area contributed by atoms with E-state index in [1.807, 2.05) is 6.92 Å². The molecule has 100 valence electrons. The molecule has 0 aromatic heterocycles. The highest BCUT2D eigenvalue weighted by Crippen LogP contribution is 2.38. The number of carbonyl (C=O) groups excluding carboxylic acids is 1. The van der Waals surface area contributed by atoms with E-state index >= 15 is 0 Å². The summed E-state index contributed by atoms with van der Waals surface area (Å²) < 4.78 is 22.6. The third-order valence-corrected chi connectivity index (χ3v) is 5.76. The molecule has 0 spiro atoms. The Morgan fingerprint density at radius 3 is 2.59 bits per heavy atom. The van der Waals surface area contributed by atoms with Gasteiger partial charge in [-0.1, -0.05) is 20.3 Å². The van der Waals surface area contributed by atoms with E-state index in [0.29, 0.717) is 12.8 Å². The van der Waals surface area contributed by atoms with Crippen LogP contribution in [0.4, 0.5) is 0 Å². The van der Waals surface area contributed by atoms with Gasteiger partial charge in [0.2, 0.25) is 0 Å². The Morgan fingerprint density at radius 2 is 2.12 bits per heavy atom. The molecule has 1 rings (SSSR count). The van der Waals surface area contributed by atoms with Crippen LogP contribution in [0.3, 0.4) is 0 Å². The summed E-state index contributed by atoms with van der Waals surface area (Å²) in [5.74, 6) is 0.396. The van der Waals surface area contributed by atoms with Crippen molar-refractivity contribution >= 4 is 15.6 Å². The second-order valence-corrected chi connectivity index (χ2v) is 7.65. The molecule has 0 aromatic carbocycles. The molecule has 0 aromatic rings. The molecule has 1 fully saturated rings. The quantitative estimate of drug-likeness (QED) is 0.781. The average Bonchev–Trinajstić information content (AvgIpc) is 2.60. The van der Waals surface area contributed by atoms with Gasteiger partial charge in [0, 0.05) is 23.6 Å². The van der Waals surface area contributed by atoms with Crippen LogP contribution < -0.4 is 5.73 Å². The van der Waals surface area contributed by atoms with E-state index in [1.54, 1.807) is 6.92 Å². The summed E-state index contributed by atoms with van der Waals surface area (Å²) in [7, 11) is -2.96. The van der Waals surface area contributed by atoms with Crippen LogP contribution in [0.15, 0.2) is 0 Å². The van der Waals surface area contributed by atoms with Gasteiger partial charge in [0.1, 0.15) is 15.6 Å². The zero-order valence-electron chi connectivity index (χ0n) is 10.7. The van der Waals surface area contributed by atoms with Crippen molar-refractivity contribution in [3.8, 4) is 0 Å². The molecule has 0 bridgehead atoms. The van der Waals surface area contributed by atoms with Gasteiger partial charge < -0.3 is 5.73 Å². The van der Waals surface area contributed by atoms with E-state index in [1.165, 1.54) is 0 Å². The SMILES string of the molecule is CCS(=O)(=O)CCCC(=O)C1(C)CCCC1N. The molecule has 1 aliphatic carbocycles. The molecule has 2 N–H and O–H groups in total. The van der Waals surface area contributed by atoms with Crippen molar-refractivity contribution in [2.75, 3.05) is 11.5 Å². The van der Waals surface area contributed by atoms with E-state index in [0.717, 1.165) is 19.3 Å². The summed E-state index contributed by atoms with van der Waals surface area (Å²) in [6, 6.07) is -0.0576. The molecule has 1 saturated carbocycles. The minimum absolute atomic E-state index is 0.0576. The topological polar surface area (TPSA) is 77.2 Å². The van der Waals surface area contributed by atoms with Crippen LogP contribution >= 0.6 is 0 Å². The number of nitrogens with two attached hydrogens (primary N) is 1. The van der Waals surface area contributed by atoms with Gasteiger partial charge in [0.15, 0.2) is 0 Å². The molecule has 1 aliphatic rings. The molecule has 17 heavy (non-hydrogen) atoms. The highest BCUT2D eigenvalue weighted by Gasteiger charge is 2.41. The predicted octanol–water partition coefficient (Wildman–Crippen LogP) is 1.29. The van der Waals surface area contributed by atoms with E-state index in [4.69, 9.17) is 5.73 Å². The van der Waals surface area contributed by atoms with Gasteiger partial charge in [-0.15, -0.1) is 0 Å². The number of sulfone groups is 1. The van der Waals surface area contributed by atoms with Crippen LogP contribution in [0.25, 0.3) is 0 Å². The summed E-state index contributed by atoms with van der Waals surface area (Å²) >= 11 is 0. The zero-order valence-corrected chi connectivity index (χ0v) is 11.6. The Labute approximate surface area is 104 Å². The summed E-state index contributed by atoms with van der Waals surface area (Å²) in [4.78, 5) is 12.1. The maximum atomic E-state index is 12.1. The first kappa shape index (κ1) is 14.6. The van der Waals surface area contributed by atoms with Gasteiger partial charge in [0.25, 0.3) is 0 Å². The van der Waals surface area contributed by atoms with Crippen LogP contribution in [-0.2, 0) is 14.6 Å². The standard InChI is InChI=1S/C12H23NO3S/c1-3-17(15,16)9-5-7-11(14)12(2)8-4-6-10(12)13/h10H,3-9,13H2,1-2H3. The fourth-order valence-corrected chi connectivity index (χ4v) is 3.29. The highest BCUT2D eigenvalue weighted by molar-refractivity contribution is 7.91. The number of hydrogen-bond donors (Lipinski definition) is 1. The minimum Gasteiger partial charge on any atom is -0.327 e. The lowest BCUT2D eigenvalue weighted by atomic mass is 9.79. The highest BCUT2D eigenvalue weighted by atomic mass is 32.2. The normalized spacial score (nSPS) is 29.5. The van der Waals surface area contributed by atoms with E-state index < -0.39 is 15.3 Å². The summed E-state index contributed by atoms with van der Waals surface area (Å²) in [5, 5.41) is 0. The molecular formula is C12H23NO3S. The van der Waals surface area contributed by atoms with Crippen LogP contribution in [-0.4, -0.2) is 31.7 Å². The fraction of sp³-hybridized carbons (Fsp3) is 0.917. The van der Waals surface area contributed by atoms with Crippen LogP contribution in [0.5, 0.6) is 0 Å². The molecule has 0 amide bonds. The second kappa shape index (κ2) is 5.48. The first-order valence-electron chi connectivity index (χ1n) is 6.31. The summed E-state index contributed by atoms with van der Waals surface area (Å²) in [6.07, 6.45) is 3.50. The fourth-order valence-electron chi connectivity index (χ4n) is 2.42. The van der Waals surface area contributed by atoms with E-state index in [9.17, 15) is 13.2 Å². The lowest BCUT2D eigenvalue weighted by molar-refractivity contribution is -0.128. The molecule has 2 unspecified atom stereocenters. The number of Topliss-reactive ketones (excluding diaryl/α,β-unsaturated/α-hetero) is 1. The van der Waals surface area contributed by atoms with Gasteiger partial charge >= 0.3 is 0 Å². The predicted molar refractivity (Wildman–Crippen MR) is 68.5 cm³/mol. The van der Waals surface area contributed by atoms with Crippen molar-refractivity contribution in [3.63, 3.8) is 0 Å². The maximum Gasteiger partial charge on any atom is 0.150 e. The molecular weight excluding hydrogens is 238 g/mol. The van der Waals surface area contributed by atoms with Gasteiger partial charge in [-0.3, -0.25) is 4.79 Å². The molecule has 0 heterocycles. The minimum atomic E-state index is -2.96. The third kappa shape index (κ3) is 3.52. The molecule has 0 aliphatic heterocycles. The lowest BCUT2D eigenvalue weighted by Crippen LogP contribution is -2.41. The Kier molecular flexibility index (Phi) is 4.72. The van der Waals surface area contributed by atoms with Crippen molar-refractivity contribution in [1.82, 2.24) is 0 Å². The van der Waals surface area contributed by atoms with Crippen LogP contribution in [0.2, 0.25) is 0 Å². The number of hydrogen-bond acceptors (Lipinski definition) is 4. The van der Waals surface area contributed by atoms with Crippen LogP contribution in [0.1, 0.15) is 46.0 Å². The van der Waals surface area contributed by atoms with E-state index in [-0.39, 0.29) is 23.3 Å². The Hall–Kier alpha value is -0.420. The summed E-state index contributed by atoms with van der Waals surface area (Å²) in [5.41, 5.74) is 5.54. The van der Waals surface area contributed by atoms with Crippen LogP contribution in [0, 0.1) is 5.41 Å². The Bertz CT molecular complexity index is 377. The first-order chi connectivity index (χ1) is 7.82. The first-order valence-corrected chi connectivity index (χ1v) is 8.13. The largest absolute Gasteiger partial charge is 0.327 e. The van der Waals surface area contributed by atoms with Crippen molar-refractivity contribution in [2.45, 2.75) is 52.0 Å². The van der Waals surface area contributed by atoms with E-state index in [2.05, 4.69) is 0 Å². The average molecular weight is 261 g/mol. The number of rotatable bonds is 6. The van der Waals surface area contributed by atoms with Crippen molar-refractivity contribution in [1.29, 1.82) is 0 Å². The third-order valence-electron chi connectivity index (χ3n) is 3.97. The molecule has 0 saturated heterocycles. The smallest absolute Gasteiger partial charge is 0.150 e. The van der Waals surface area contributed by atoms with Gasteiger partial charge in [0.05, 0.1) is 5.75 Å². The van der Waals surface area contributed by atoms with Gasteiger partial charge in [-0.25, -0.2) is 8.42 Å². The molecule has 2 atom stereocenters.